The number of aromatic nitrogens is 1. The van der Waals surface area contributed by atoms with E-state index in [0.717, 1.165) is 45.0 Å². The van der Waals surface area contributed by atoms with Crippen LogP contribution in [0, 0.1) is 0 Å². The van der Waals surface area contributed by atoms with Gasteiger partial charge in [0.05, 0.1) is 0 Å². The molecule has 1 aromatic carbocycles. The fourth-order valence-corrected chi connectivity index (χ4v) is 4.00. The molecule has 1 saturated heterocycles. The summed E-state index contributed by atoms with van der Waals surface area (Å²) in [4.78, 5) is 23.9. The van der Waals surface area contributed by atoms with Crippen LogP contribution in [0.5, 0.6) is 0 Å². The molecule has 1 fully saturated rings. The number of hydrogen-bond acceptors (Lipinski definition) is 4. The van der Waals surface area contributed by atoms with Crippen molar-refractivity contribution in [2.45, 2.75) is 39.2 Å². The van der Waals surface area contributed by atoms with Crippen LogP contribution in [0.2, 0.25) is 0 Å². The van der Waals surface area contributed by atoms with E-state index < -0.39 is 0 Å². The summed E-state index contributed by atoms with van der Waals surface area (Å²) in [5, 5.41) is 0. The van der Waals surface area contributed by atoms with Gasteiger partial charge in [-0.15, -0.1) is 0 Å². The summed E-state index contributed by atoms with van der Waals surface area (Å²) in [7, 11) is 0. The van der Waals surface area contributed by atoms with Crippen LogP contribution < -0.4 is 4.90 Å². The van der Waals surface area contributed by atoms with Crippen LogP contribution in [0.1, 0.15) is 32.8 Å². The van der Waals surface area contributed by atoms with Crippen molar-refractivity contribution in [3.05, 3.63) is 60.3 Å². The molecule has 1 aromatic heterocycles. The molecule has 5 heteroatoms. The second kappa shape index (κ2) is 9.99. The number of pyridine rings is 1. The Kier molecular flexibility index (Phi) is 7.40. The molecule has 0 atom stereocenters. The summed E-state index contributed by atoms with van der Waals surface area (Å²) < 4.78 is 0. The van der Waals surface area contributed by atoms with Crippen molar-refractivity contribution in [3.63, 3.8) is 0 Å². The molecule has 0 saturated carbocycles. The van der Waals surface area contributed by atoms with E-state index >= 15 is 0 Å². The quantitative estimate of drug-likeness (QED) is 0.687. The first kappa shape index (κ1) is 21.5. The molecule has 2 heterocycles. The lowest BCUT2D eigenvalue weighted by molar-refractivity contribution is -0.118. The van der Waals surface area contributed by atoms with Gasteiger partial charge in [-0.25, -0.2) is 4.98 Å². The zero-order valence-corrected chi connectivity index (χ0v) is 18.1. The van der Waals surface area contributed by atoms with Crippen LogP contribution in [-0.2, 0) is 11.2 Å². The van der Waals surface area contributed by atoms with Gasteiger partial charge in [-0.2, -0.15) is 0 Å². The second-order valence-electron chi connectivity index (χ2n) is 8.40. The highest BCUT2D eigenvalue weighted by Crippen LogP contribution is 2.22. The van der Waals surface area contributed by atoms with Gasteiger partial charge in [-0.05, 0) is 38.0 Å². The molecular weight excluding hydrogens is 360 g/mol. The molecule has 0 N–H and O–H groups in total. The van der Waals surface area contributed by atoms with Gasteiger partial charge in [0.15, 0.2) is 0 Å². The first-order valence-corrected chi connectivity index (χ1v) is 10.7. The van der Waals surface area contributed by atoms with Gasteiger partial charge in [-0.1, -0.05) is 43.3 Å². The summed E-state index contributed by atoms with van der Waals surface area (Å²) >= 11 is 0. The van der Waals surface area contributed by atoms with Crippen molar-refractivity contribution in [2.24, 2.45) is 0 Å². The predicted molar refractivity (Wildman–Crippen MR) is 119 cm³/mol. The zero-order valence-electron chi connectivity index (χ0n) is 18.1. The van der Waals surface area contributed by atoms with Gasteiger partial charge in [0.25, 0.3) is 0 Å². The van der Waals surface area contributed by atoms with Crippen LogP contribution in [0.15, 0.2) is 54.7 Å². The van der Waals surface area contributed by atoms with Crippen molar-refractivity contribution in [1.82, 2.24) is 14.8 Å². The predicted octanol–water partition coefficient (Wildman–Crippen LogP) is 3.46. The van der Waals surface area contributed by atoms with Crippen molar-refractivity contribution >= 4 is 11.7 Å². The van der Waals surface area contributed by atoms with E-state index in [1.165, 1.54) is 5.56 Å². The fraction of sp³-hybridized carbons (Fsp3) is 0.500. The third kappa shape index (κ3) is 5.87. The number of amides is 1. The number of piperazine rings is 1. The average molecular weight is 395 g/mol. The van der Waals surface area contributed by atoms with E-state index in [1.807, 2.05) is 30.0 Å². The molecule has 0 bridgehead atoms. The van der Waals surface area contributed by atoms with E-state index in [1.54, 1.807) is 6.20 Å². The lowest BCUT2D eigenvalue weighted by Gasteiger charge is -2.45. The average Bonchev–Trinajstić information content (AvgIpc) is 2.77. The normalized spacial score (nSPS) is 16.0. The minimum atomic E-state index is -0.103. The highest BCUT2D eigenvalue weighted by atomic mass is 16.2. The SMILES string of the molecule is CCC(=O)N(CC(C)(C)N1CCN(CCc2ccccc2)CC1)c1ccccn1. The number of benzene rings is 1. The Balaban J connectivity index is 1.56. The Morgan fingerprint density at radius 2 is 1.72 bits per heavy atom. The van der Waals surface area contributed by atoms with Gasteiger partial charge >= 0.3 is 0 Å². The smallest absolute Gasteiger partial charge is 0.227 e. The maximum atomic E-state index is 12.6. The van der Waals surface area contributed by atoms with Crippen LogP contribution in [0.4, 0.5) is 5.82 Å². The molecule has 1 aliphatic rings. The Hall–Kier alpha value is -2.24. The summed E-state index contributed by atoms with van der Waals surface area (Å²) in [6.07, 6.45) is 3.34. The molecule has 0 spiro atoms. The Morgan fingerprint density at radius 3 is 2.34 bits per heavy atom. The van der Waals surface area contributed by atoms with Gasteiger partial charge in [-0.3, -0.25) is 14.6 Å². The van der Waals surface area contributed by atoms with Gasteiger partial charge < -0.3 is 4.90 Å². The van der Waals surface area contributed by atoms with Crippen LogP contribution in [0.25, 0.3) is 0 Å². The van der Waals surface area contributed by atoms with Crippen molar-refractivity contribution < 1.29 is 4.79 Å². The molecule has 29 heavy (non-hydrogen) atoms. The maximum Gasteiger partial charge on any atom is 0.227 e. The Morgan fingerprint density at radius 1 is 1.03 bits per heavy atom. The molecule has 2 aromatic rings. The first-order valence-electron chi connectivity index (χ1n) is 10.7. The molecule has 0 aliphatic carbocycles. The van der Waals surface area contributed by atoms with Crippen LogP contribution in [0.3, 0.4) is 0 Å². The highest BCUT2D eigenvalue weighted by Gasteiger charge is 2.33. The number of carbonyl (C=O) groups is 1. The summed E-state index contributed by atoms with van der Waals surface area (Å²) in [6, 6.07) is 16.5. The van der Waals surface area contributed by atoms with Crippen molar-refractivity contribution in [2.75, 3.05) is 44.2 Å². The number of nitrogens with zero attached hydrogens (tertiary/aromatic N) is 4. The Bertz CT molecular complexity index is 755. The lowest BCUT2D eigenvalue weighted by Crippen LogP contribution is -2.59. The molecular formula is C24H34N4O. The number of hydrogen-bond donors (Lipinski definition) is 0. The molecule has 3 rings (SSSR count). The molecule has 0 radical (unpaired) electrons. The van der Waals surface area contributed by atoms with Crippen LogP contribution in [-0.4, -0.2) is 65.5 Å². The lowest BCUT2D eigenvalue weighted by atomic mass is 10.00. The van der Waals surface area contributed by atoms with Crippen molar-refractivity contribution in [3.8, 4) is 0 Å². The number of anilines is 1. The molecule has 1 amide bonds. The number of rotatable bonds is 8. The van der Waals surface area contributed by atoms with E-state index in [0.29, 0.717) is 13.0 Å². The van der Waals surface area contributed by atoms with E-state index in [9.17, 15) is 4.79 Å². The zero-order chi connectivity index (χ0) is 20.7. The van der Waals surface area contributed by atoms with Crippen molar-refractivity contribution in [1.29, 1.82) is 0 Å². The second-order valence-corrected chi connectivity index (χ2v) is 8.40. The third-order valence-corrected chi connectivity index (χ3v) is 5.86. The minimum Gasteiger partial charge on any atom is -0.300 e. The fourth-order valence-electron chi connectivity index (χ4n) is 4.00. The molecule has 1 aliphatic heterocycles. The van der Waals surface area contributed by atoms with Gasteiger partial charge in [0, 0.05) is 57.4 Å². The largest absolute Gasteiger partial charge is 0.300 e. The maximum absolute atomic E-state index is 12.6. The molecule has 156 valence electrons. The summed E-state index contributed by atoms with van der Waals surface area (Å²) in [5.41, 5.74) is 1.30. The molecule has 5 nitrogen and oxygen atoms in total. The highest BCUT2D eigenvalue weighted by molar-refractivity contribution is 5.92. The summed E-state index contributed by atoms with van der Waals surface area (Å²) in [5.74, 6) is 0.868. The first-order chi connectivity index (χ1) is 14.0. The number of carbonyl (C=O) groups excluding carboxylic acids is 1. The summed E-state index contributed by atoms with van der Waals surface area (Å²) in [6.45, 7) is 12.3. The topological polar surface area (TPSA) is 39.7 Å². The van der Waals surface area contributed by atoms with Crippen LogP contribution >= 0.6 is 0 Å². The standard InChI is InChI=1S/C24H34N4O/c1-4-23(29)28(22-12-8-9-14-25-22)20-24(2,3)27-18-16-26(17-19-27)15-13-21-10-6-5-7-11-21/h5-12,14H,4,13,15-20H2,1-3H3. The minimum absolute atomic E-state index is 0.103. The third-order valence-electron chi connectivity index (χ3n) is 5.86. The van der Waals surface area contributed by atoms with Gasteiger partial charge in [0.2, 0.25) is 5.91 Å². The van der Waals surface area contributed by atoms with E-state index in [4.69, 9.17) is 0 Å². The molecule has 0 unspecified atom stereocenters. The Labute approximate surface area is 175 Å². The van der Waals surface area contributed by atoms with E-state index in [-0.39, 0.29) is 11.4 Å². The van der Waals surface area contributed by atoms with E-state index in [2.05, 4.69) is 59.0 Å². The monoisotopic (exact) mass is 394 g/mol. The van der Waals surface area contributed by atoms with Gasteiger partial charge in [0.1, 0.15) is 5.82 Å².